The summed E-state index contributed by atoms with van der Waals surface area (Å²) >= 11 is 12.3. The molecule has 0 bridgehead atoms. The molecule has 2 amide bonds. The SMILES string of the molecule is CCNC(=O)[C@@H](C)N(Cc1ccc(Cl)cc1)C(=O)CN(c1cc(Cl)ccc1OC)S(=O)(=O)c1ccc(C)cc1. The molecule has 8 nitrogen and oxygen atoms in total. The van der Waals surface area contributed by atoms with Crippen molar-refractivity contribution in [2.75, 3.05) is 24.5 Å². The fourth-order valence-corrected chi connectivity index (χ4v) is 5.61. The Morgan fingerprint density at radius 1 is 0.974 bits per heavy atom. The quantitative estimate of drug-likeness (QED) is 0.336. The Bertz CT molecular complexity index is 1410. The molecule has 0 aliphatic carbocycles. The molecule has 0 heterocycles. The molecule has 3 rings (SSSR count). The van der Waals surface area contributed by atoms with E-state index in [1.165, 1.54) is 36.3 Å². The number of benzene rings is 3. The lowest BCUT2D eigenvalue weighted by molar-refractivity contribution is -0.139. The number of nitrogens with one attached hydrogen (secondary N) is 1. The number of anilines is 1. The second-order valence-corrected chi connectivity index (χ2v) is 11.6. The lowest BCUT2D eigenvalue weighted by Gasteiger charge is -2.32. The van der Waals surface area contributed by atoms with Crippen LogP contribution < -0.4 is 14.4 Å². The van der Waals surface area contributed by atoms with Crippen LogP contribution in [0, 0.1) is 6.92 Å². The van der Waals surface area contributed by atoms with Crippen molar-refractivity contribution in [2.45, 2.75) is 38.3 Å². The Balaban J connectivity index is 2.09. The average molecular weight is 593 g/mol. The predicted octanol–water partition coefficient (Wildman–Crippen LogP) is 5.06. The molecule has 0 aromatic heterocycles. The van der Waals surface area contributed by atoms with Crippen molar-refractivity contribution in [2.24, 2.45) is 0 Å². The first-order valence-electron chi connectivity index (χ1n) is 12.2. The molecule has 0 spiro atoms. The van der Waals surface area contributed by atoms with Gasteiger partial charge in [-0.3, -0.25) is 13.9 Å². The number of amides is 2. The van der Waals surface area contributed by atoms with Crippen LogP contribution in [0.4, 0.5) is 5.69 Å². The van der Waals surface area contributed by atoms with Crippen LogP contribution in [-0.4, -0.2) is 51.4 Å². The Kier molecular flexibility index (Phi) is 10.2. The van der Waals surface area contributed by atoms with Gasteiger partial charge in [-0.25, -0.2) is 8.42 Å². The highest BCUT2D eigenvalue weighted by Gasteiger charge is 2.34. The Morgan fingerprint density at radius 2 is 1.59 bits per heavy atom. The van der Waals surface area contributed by atoms with Crippen molar-refractivity contribution in [3.05, 3.63) is 87.9 Å². The fourth-order valence-electron chi connectivity index (χ4n) is 3.90. The lowest BCUT2D eigenvalue weighted by atomic mass is 10.1. The number of rotatable bonds is 11. The minimum absolute atomic E-state index is 0.0102. The predicted molar refractivity (Wildman–Crippen MR) is 154 cm³/mol. The van der Waals surface area contributed by atoms with E-state index in [2.05, 4.69) is 5.32 Å². The first-order valence-corrected chi connectivity index (χ1v) is 14.4. The highest BCUT2D eigenvalue weighted by atomic mass is 35.5. The summed E-state index contributed by atoms with van der Waals surface area (Å²) in [5.74, 6) is -0.751. The number of carbonyl (C=O) groups excluding carboxylic acids is 2. The Hall–Kier alpha value is -3.27. The Morgan fingerprint density at radius 3 is 2.18 bits per heavy atom. The van der Waals surface area contributed by atoms with Crippen LogP contribution in [0.2, 0.25) is 10.0 Å². The van der Waals surface area contributed by atoms with Gasteiger partial charge < -0.3 is 15.0 Å². The summed E-state index contributed by atoms with van der Waals surface area (Å²) in [6, 6.07) is 16.8. The average Bonchev–Trinajstić information content (AvgIpc) is 2.91. The largest absolute Gasteiger partial charge is 0.495 e. The van der Waals surface area contributed by atoms with Crippen LogP contribution in [0.15, 0.2) is 71.6 Å². The molecule has 0 unspecified atom stereocenters. The summed E-state index contributed by atoms with van der Waals surface area (Å²) in [6.45, 7) is 5.04. The van der Waals surface area contributed by atoms with Crippen molar-refractivity contribution in [3.63, 3.8) is 0 Å². The van der Waals surface area contributed by atoms with Crippen LogP contribution in [0.5, 0.6) is 5.75 Å². The maximum atomic E-state index is 13.9. The van der Waals surface area contributed by atoms with E-state index in [4.69, 9.17) is 27.9 Å². The van der Waals surface area contributed by atoms with E-state index in [0.29, 0.717) is 11.6 Å². The zero-order chi connectivity index (χ0) is 28.7. The first kappa shape index (κ1) is 30.3. The van der Waals surface area contributed by atoms with Gasteiger partial charge in [-0.15, -0.1) is 0 Å². The minimum Gasteiger partial charge on any atom is -0.495 e. The zero-order valence-electron chi connectivity index (χ0n) is 22.1. The summed E-state index contributed by atoms with van der Waals surface area (Å²) in [5, 5.41) is 3.51. The van der Waals surface area contributed by atoms with Gasteiger partial charge in [0.25, 0.3) is 10.0 Å². The van der Waals surface area contributed by atoms with E-state index in [1.807, 2.05) is 6.92 Å². The normalized spacial score (nSPS) is 11.9. The summed E-state index contributed by atoms with van der Waals surface area (Å²) < 4.78 is 34.3. The van der Waals surface area contributed by atoms with E-state index < -0.39 is 28.5 Å². The van der Waals surface area contributed by atoms with Gasteiger partial charge in [-0.1, -0.05) is 53.0 Å². The molecule has 3 aromatic carbocycles. The second-order valence-electron chi connectivity index (χ2n) is 8.86. The number of hydrogen-bond donors (Lipinski definition) is 1. The molecule has 0 saturated heterocycles. The minimum atomic E-state index is -4.25. The van der Waals surface area contributed by atoms with Crippen LogP contribution in [0.25, 0.3) is 0 Å². The van der Waals surface area contributed by atoms with Crippen molar-refractivity contribution >= 4 is 50.7 Å². The standard InChI is InChI=1S/C28H31Cl2N3O5S/c1-5-31-28(35)20(3)32(17-21-8-10-22(29)11-9-21)27(34)18-33(25-16-23(30)12-15-26(25)38-4)39(36,37)24-13-6-19(2)7-14-24/h6-16,20H,5,17-18H2,1-4H3,(H,31,35)/t20-/m1/s1. The number of nitrogens with zero attached hydrogens (tertiary/aromatic N) is 2. The van der Waals surface area contributed by atoms with Gasteiger partial charge in [0.1, 0.15) is 18.3 Å². The molecule has 0 aliphatic rings. The molecular weight excluding hydrogens is 561 g/mol. The third-order valence-corrected chi connectivity index (χ3v) is 8.34. The summed E-state index contributed by atoms with van der Waals surface area (Å²) in [4.78, 5) is 28.0. The highest BCUT2D eigenvalue weighted by Crippen LogP contribution is 2.35. The van der Waals surface area contributed by atoms with E-state index >= 15 is 0 Å². The highest BCUT2D eigenvalue weighted by molar-refractivity contribution is 7.92. The molecule has 208 valence electrons. The number of hydrogen-bond acceptors (Lipinski definition) is 5. The van der Waals surface area contributed by atoms with Gasteiger partial charge in [-0.2, -0.15) is 0 Å². The molecule has 0 radical (unpaired) electrons. The second kappa shape index (κ2) is 13.2. The number of likely N-dealkylation sites (N-methyl/N-ethyl adjacent to an activating group) is 1. The maximum absolute atomic E-state index is 13.9. The lowest BCUT2D eigenvalue weighted by Crippen LogP contribution is -2.51. The van der Waals surface area contributed by atoms with Crippen LogP contribution in [0.1, 0.15) is 25.0 Å². The molecule has 0 fully saturated rings. The first-order chi connectivity index (χ1) is 18.5. The molecule has 3 aromatic rings. The van der Waals surface area contributed by atoms with Gasteiger partial charge >= 0.3 is 0 Å². The number of sulfonamides is 1. The molecule has 1 N–H and O–H groups in total. The summed E-state index contributed by atoms with van der Waals surface area (Å²) in [6.07, 6.45) is 0. The molecule has 1 atom stereocenters. The summed E-state index contributed by atoms with van der Waals surface area (Å²) in [7, 11) is -2.86. The van der Waals surface area contributed by atoms with E-state index in [1.54, 1.807) is 56.3 Å². The molecular formula is C28H31Cl2N3O5S. The van der Waals surface area contributed by atoms with Crippen molar-refractivity contribution in [1.82, 2.24) is 10.2 Å². The van der Waals surface area contributed by atoms with E-state index in [9.17, 15) is 18.0 Å². The monoisotopic (exact) mass is 591 g/mol. The van der Waals surface area contributed by atoms with Gasteiger partial charge in [0.2, 0.25) is 11.8 Å². The molecule has 11 heteroatoms. The van der Waals surface area contributed by atoms with Crippen LogP contribution in [-0.2, 0) is 26.2 Å². The van der Waals surface area contributed by atoms with Crippen molar-refractivity contribution in [1.29, 1.82) is 0 Å². The van der Waals surface area contributed by atoms with E-state index in [0.717, 1.165) is 15.4 Å². The van der Waals surface area contributed by atoms with Gasteiger partial charge in [0, 0.05) is 23.1 Å². The third kappa shape index (κ3) is 7.44. The van der Waals surface area contributed by atoms with Crippen molar-refractivity contribution < 1.29 is 22.7 Å². The zero-order valence-corrected chi connectivity index (χ0v) is 24.5. The molecule has 0 saturated carbocycles. The van der Waals surface area contributed by atoms with Gasteiger partial charge in [0.05, 0.1) is 17.7 Å². The van der Waals surface area contributed by atoms with Crippen molar-refractivity contribution in [3.8, 4) is 5.75 Å². The number of methoxy groups -OCH3 is 1. The summed E-state index contributed by atoms with van der Waals surface area (Å²) in [5.41, 5.74) is 1.69. The topological polar surface area (TPSA) is 96.0 Å². The smallest absolute Gasteiger partial charge is 0.264 e. The Labute approximate surface area is 239 Å². The maximum Gasteiger partial charge on any atom is 0.264 e. The number of aryl methyl sites for hydroxylation is 1. The van der Waals surface area contributed by atoms with Gasteiger partial charge in [-0.05, 0) is 68.8 Å². The molecule has 39 heavy (non-hydrogen) atoms. The third-order valence-electron chi connectivity index (χ3n) is 6.08. The van der Waals surface area contributed by atoms with Crippen LogP contribution in [0.3, 0.4) is 0 Å². The van der Waals surface area contributed by atoms with E-state index in [-0.39, 0.29) is 33.8 Å². The number of halogens is 2. The fraction of sp³-hybridized carbons (Fsp3) is 0.286. The van der Waals surface area contributed by atoms with Crippen LogP contribution >= 0.6 is 23.2 Å². The van der Waals surface area contributed by atoms with Gasteiger partial charge in [0.15, 0.2) is 0 Å². The molecule has 0 aliphatic heterocycles. The number of ether oxygens (including phenoxy) is 1. The number of carbonyl (C=O) groups is 2.